The van der Waals surface area contributed by atoms with Crippen LogP contribution in [0.2, 0.25) is 5.02 Å². The van der Waals surface area contributed by atoms with Crippen molar-refractivity contribution in [2.24, 2.45) is 0 Å². The molecular weight excluding hydrogens is 355 g/mol. The first-order valence-corrected chi connectivity index (χ1v) is 8.47. The zero-order valence-corrected chi connectivity index (χ0v) is 14.8. The number of aliphatic hydroxyl groups is 1. The van der Waals surface area contributed by atoms with E-state index in [9.17, 15) is 9.50 Å². The van der Waals surface area contributed by atoms with Crippen molar-refractivity contribution < 1.29 is 9.50 Å². The fourth-order valence-corrected chi connectivity index (χ4v) is 2.50. The molecule has 1 heterocycles. The Kier molecular flexibility index (Phi) is 5.65. The molecule has 0 aliphatic heterocycles. The summed E-state index contributed by atoms with van der Waals surface area (Å²) in [5, 5.41) is 15.6. The summed E-state index contributed by atoms with van der Waals surface area (Å²) >= 11 is 5.95. The Balaban J connectivity index is 2.00. The molecule has 1 aromatic heterocycles. The Labute approximate surface area is 155 Å². The van der Waals surface area contributed by atoms with Crippen molar-refractivity contribution in [3.05, 3.63) is 65.4 Å². The highest BCUT2D eigenvalue weighted by molar-refractivity contribution is 6.30. The lowest BCUT2D eigenvalue weighted by Gasteiger charge is -2.14. The molecule has 134 valence electrons. The van der Waals surface area contributed by atoms with Crippen LogP contribution in [0.5, 0.6) is 0 Å². The molecule has 0 spiro atoms. The third kappa shape index (κ3) is 4.47. The van der Waals surface area contributed by atoms with E-state index in [4.69, 9.17) is 11.6 Å². The van der Waals surface area contributed by atoms with Crippen LogP contribution in [0.15, 0.2) is 54.6 Å². The van der Waals surface area contributed by atoms with Crippen molar-refractivity contribution in [2.75, 3.05) is 17.2 Å². The minimum absolute atomic E-state index is 0.0649. The van der Waals surface area contributed by atoms with E-state index < -0.39 is 5.82 Å². The Bertz CT molecular complexity index is 892. The first kappa shape index (κ1) is 18.1. The lowest BCUT2D eigenvalue weighted by atomic mass is 10.1. The van der Waals surface area contributed by atoms with Gasteiger partial charge < -0.3 is 15.7 Å². The number of hydrogen-bond donors (Lipinski definition) is 3. The van der Waals surface area contributed by atoms with Crippen LogP contribution < -0.4 is 10.6 Å². The van der Waals surface area contributed by atoms with Gasteiger partial charge in [0.05, 0.1) is 18.0 Å². The third-order valence-corrected chi connectivity index (χ3v) is 3.87. The summed E-state index contributed by atoms with van der Waals surface area (Å²) in [5.74, 6) is 0.304. The van der Waals surface area contributed by atoms with E-state index in [-0.39, 0.29) is 18.3 Å². The number of aromatic nitrogens is 2. The lowest BCUT2D eigenvalue weighted by molar-refractivity contribution is 0.281. The average Bonchev–Trinajstić information content (AvgIpc) is 2.65. The summed E-state index contributed by atoms with van der Waals surface area (Å²) in [7, 11) is 0. The largest absolute Gasteiger partial charge is 0.394 e. The van der Waals surface area contributed by atoms with Crippen molar-refractivity contribution in [3.8, 4) is 11.3 Å². The third-order valence-electron chi connectivity index (χ3n) is 3.64. The molecule has 0 fully saturated rings. The number of anilines is 3. The van der Waals surface area contributed by atoms with Gasteiger partial charge in [-0.2, -0.15) is 4.98 Å². The summed E-state index contributed by atoms with van der Waals surface area (Å²) in [6, 6.07) is 15.3. The maximum atomic E-state index is 14.0. The maximum absolute atomic E-state index is 14.0. The first-order valence-electron chi connectivity index (χ1n) is 8.09. The van der Waals surface area contributed by atoms with Gasteiger partial charge in [-0.25, -0.2) is 9.37 Å². The Morgan fingerprint density at radius 3 is 2.62 bits per heavy atom. The van der Waals surface area contributed by atoms with Gasteiger partial charge >= 0.3 is 0 Å². The summed E-state index contributed by atoms with van der Waals surface area (Å²) in [6.07, 6.45) is 0. The Hall–Kier alpha value is -2.70. The molecule has 0 unspecified atom stereocenters. The Morgan fingerprint density at radius 1 is 1.12 bits per heavy atom. The molecule has 1 atom stereocenters. The predicted molar refractivity (Wildman–Crippen MR) is 102 cm³/mol. The molecule has 0 amide bonds. The average molecular weight is 373 g/mol. The monoisotopic (exact) mass is 372 g/mol. The minimum atomic E-state index is -0.437. The number of nitrogens with zero attached hydrogens (tertiary/aromatic N) is 2. The van der Waals surface area contributed by atoms with Crippen LogP contribution in [-0.4, -0.2) is 27.7 Å². The molecule has 26 heavy (non-hydrogen) atoms. The number of benzene rings is 2. The standard InChI is InChI=1S/C19H18ClFN4O/c1-12(11-26)22-19-24-16(13-5-3-2-4-6-13)10-18(25-19)23-17-9-14(20)7-8-15(17)21/h2-10,12,26H,11H2,1H3,(H2,22,23,24,25)/t12-/m1/s1. The molecule has 0 saturated carbocycles. The fraction of sp³-hybridized carbons (Fsp3) is 0.158. The van der Waals surface area contributed by atoms with Crippen LogP contribution in [0.4, 0.5) is 21.8 Å². The number of rotatable bonds is 6. The molecule has 3 N–H and O–H groups in total. The summed E-state index contributed by atoms with van der Waals surface area (Å²) in [6.45, 7) is 1.74. The van der Waals surface area contributed by atoms with E-state index in [0.29, 0.717) is 22.5 Å². The molecule has 0 bridgehead atoms. The van der Waals surface area contributed by atoms with E-state index in [1.165, 1.54) is 18.2 Å². The number of aliphatic hydroxyl groups excluding tert-OH is 1. The maximum Gasteiger partial charge on any atom is 0.225 e. The van der Waals surface area contributed by atoms with Crippen LogP contribution in [0.3, 0.4) is 0 Å². The molecule has 7 heteroatoms. The normalized spacial score (nSPS) is 11.8. The number of hydrogen-bond acceptors (Lipinski definition) is 5. The topological polar surface area (TPSA) is 70.1 Å². The molecule has 0 aliphatic carbocycles. The first-order chi connectivity index (χ1) is 12.5. The fourth-order valence-electron chi connectivity index (χ4n) is 2.33. The van der Waals surface area contributed by atoms with Crippen molar-refractivity contribution >= 4 is 29.1 Å². The minimum Gasteiger partial charge on any atom is -0.394 e. The van der Waals surface area contributed by atoms with E-state index in [2.05, 4.69) is 20.6 Å². The van der Waals surface area contributed by atoms with Crippen molar-refractivity contribution in [2.45, 2.75) is 13.0 Å². The highest BCUT2D eigenvalue weighted by atomic mass is 35.5. The molecule has 3 rings (SSSR count). The summed E-state index contributed by atoms with van der Waals surface area (Å²) in [5.41, 5.74) is 1.78. The van der Waals surface area contributed by atoms with Gasteiger partial charge in [0.15, 0.2) is 0 Å². The van der Waals surface area contributed by atoms with E-state index in [1.54, 1.807) is 6.07 Å². The van der Waals surface area contributed by atoms with Gasteiger partial charge in [0.25, 0.3) is 0 Å². The molecule has 0 saturated heterocycles. The van der Waals surface area contributed by atoms with Crippen molar-refractivity contribution in [1.82, 2.24) is 9.97 Å². The second-order valence-corrected chi connectivity index (χ2v) is 6.24. The molecule has 3 aromatic rings. The van der Waals surface area contributed by atoms with Crippen LogP contribution in [0, 0.1) is 5.82 Å². The SMILES string of the molecule is C[C@H](CO)Nc1nc(Nc2cc(Cl)ccc2F)cc(-c2ccccc2)n1. The quantitative estimate of drug-likeness (QED) is 0.595. The predicted octanol–water partition coefficient (Wildman–Crippen LogP) is 4.47. The van der Waals surface area contributed by atoms with E-state index in [1.807, 2.05) is 37.3 Å². The smallest absolute Gasteiger partial charge is 0.225 e. The zero-order valence-electron chi connectivity index (χ0n) is 14.1. The molecule has 5 nitrogen and oxygen atoms in total. The lowest BCUT2D eigenvalue weighted by Crippen LogP contribution is -2.21. The van der Waals surface area contributed by atoms with Crippen LogP contribution in [0.1, 0.15) is 6.92 Å². The van der Waals surface area contributed by atoms with Crippen LogP contribution >= 0.6 is 11.6 Å². The molecule has 2 aromatic carbocycles. The van der Waals surface area contributed by atoms with Gasteiger partial charge in [-0.1, -0.05) is 41.9 Å². The number of halogens is 2. The molecule has 0 aliphatic rings. The highest BCUT2D eigenvalue weighted by Gasteiger charge is 2.11. The van der Waals surface area contributed by atoms with Crippen LogP contribution in [-0.2, 0) is 0 Å². The van der Waals surface area contributed by atoms with Gasteiger partial charge in [0.2, 0.25) is 5.95 Å². The van der Waals surface area contributed by atoms with Gasteiger partial charge in [-0.15, -0.1) is 0 Å². The molecule has 0 radical (unpaired) electrons. The molecular formula is C19H18ClFN4O. The van der Waals surface area contributed by atoms with Crippen LogP contribution in [0.25, 0.3) is 11.3 Å². The number of nitrogens with one attached hydrogen (secondary N) is 2. The van der Waals surface area contributed by atoms with E-state index >= 15 is 0 Å². The second-order valence-electron chi connectivity index (χ2n) is 5.81. The summed E-state index contributed by atoms with van der Waals surface area (Å²) in [4.78, 5) is 8.84. The summed E-state index contributed by atoms with van der Waals surface area (Å²) < 4.78 is 14.0. The zero-order chi connectivity index (χ0) is 18.5. The van der Waals surface area contributed by atoms with Crippen molar-refractivity contribution in [3.63, 3.8) is 0 Å². The van der Waals surface area contributed by atoms with Gasteiger partial charge in [0.1, 0.15) is 11.6 Å². The van der Waals surface area contributed by atoms with Crippen molar-refractivity contribution in [1.29, 1.82) is 0 Å². The second kappa shape index (κ2) is 8.12. The highest BCUT2D eigenvalue weighted by Crippen LogP contribution is 2.26. The Morgan fingerprint density at radius 2 is 1.88 bits per heavy atom. The van der Waals surface area contributed by atoms with Gasteiger partial charge in [-0.3, -0.25) is 0 Å². The van der Waals surface area contributed by atoms with E-state index in [0.717, 1.165) is 5.56 Å². The van der Waals surface area contributed by atoms with Gasteiger partial charge in [-0.05, 0) is 25.1 Å². The van der Waals surface area contributed by atoms with Gasteiger partial charge in [0, 0.05) is 22.7 Å².